The Labute approximate surface area is 205 Å². The number of carbonyl (C=O) groups is 1. The number of hydrogen-bond donors (Lipinski definition) is 0. The van der Waals surface area contributed by atoms with Gasteiger partial charge >= 0.3 is 0 Å². The first-order valence-corrected chi connectivity index (χ1v) is 12.0. The highest BCUT2D eigenvalue weighted by molar-refractivity contribution is 6.10. The minimum atomic E-state index is -0.617. The van der Waals surface area contributed by atoms with Gasteiger partial charge in [-0.3, -0.25) is 14.5 Å². The molecular formula is C30H29NO4. The second-order valence-corrected chi connectivity index (χ2v) is 9.69. The van der Waals surface area contributed by atoms with Gasteiger partial charge < -0.3 is 9.15 Å². The van der Waals surface area contributed by atoms with Crippen molar-refractivity contribution < 1.29 is 13.9 Å². The van der Waals surface area contributed by atoms with Crippen molar-refractivity contribution in [3.63, 3.8) is 0 Å². The molecule has 4 aromatic rings. The minimum absolute atomic E-state index is 0.101. The number of carbonyl (C=O) groups excluding carboxylic acids is 1. The number of rotatable bonds is 6. The third-order valence-electron chi connectivity index (χ3n) is 6.44. The fourth-order valence-electron chi connectivity index (χ4n) is 4.63. The van der Waals surface area contributed by atoms with Crippen molar-refractivity contribution in [1.29, 1.82) is 0 Å². The monoisotopic (exact) mass is 467 g/mol. The number of hydrogen-bond acceptors (Lipinski definition) is 4. The molecule has 0 aliphatic carbocycles. The SMILES string of the molecule is Cc1cccc(N2C(=O)c3oc4ccc(C)cc4c(=O)c3C2c2cccc(OCCC(C)C)c2)c1. The molecule has 5 heteroatoms. The fourth-order valence-corrected chi connectivity index (χ4v) is 4.63. The van der Waals surface area contributed by atoms with E-state index in [-0.39, 0.29) is 17.1 Å². The van der Waals surface area contributed by atoms with Gasteiger partial charge in [0, 0.05) is 5.69 Å². The quantitative estimate of drug-likeness (QED) is 0.321. The molecule has 0 saturated heterocycles. The summed E-state index contributed by atoms with van der Waals surface area (Å²) in [5, 5.41) is 0.483. The fraction of sp³-hybridized carbons (Fsp3) is 0.267. The first kappa shape index (κ1) is 22.9. The standard InChI is InChI=1S/C30H29NO4/c1-18(2)13-14-34-23-10-6-8-21(17-23)27-26-28(32)24-16-20(4)11-12-25(24)35-29(26)30(33)31(27)22-9-5-7-19(3)15-22/h5-12,15-18,27H,13-14H2,1-4H3. The average molecular weight is 468 g/mol. The van der Waals surface area contributed by atoms with Gasteiger partial charge in [-0.05, 0) is 73.7 Å². The van der Waals surface area contributed by atoms with Gasteiger partial charge in [0.1, 0.15) is 11.3 Å². The summed E-state index contributed by atoms with van der Waals surface area (Å²) in [6.07, 6.45) is 0.944. The molecule has 1 atom stereocenters. The zero-order chi connectivity index (χ0) is 24.7. The Kier molecular flexibility index (Phi) is 5.93. The molecule has 1 aliphatic heterocycles. The smallest absolute Gasteiger partial charge is 0.295 e. The lowest BCUT2D eigenvalue weighted by molar-refractivity contribution is 0.0971. The lowest BCUT2D eigenvalue weighted by Gasteiger charge is -2.26. The maximum absolute atomic E-state index is 13.8. The summed E-state index contributed by atoms with van der Waals surface area (Å²) < 4.78 is 12.1. The minimum Gasteiger partial charge on any atom is -0.494 e. The first-order valence-electron chi connectivity index (χ1n) is 12.0. The van der Waals surface area contributed by atoms with E-state index >= 15 is 0 Å². The molecule has 1 aliphatic rings. The summed E-state index contributed by atoms with van der Waals surface area (Å²) in [7, 11) is 0. The number of aryl methyl sites for hydroxylation is 2. The summed E-state index contributed by atoms with van der Waals surface area (Å²) >= 11 is 0. The predicted molar refractivity (Wildman–Crippen MR) is 138 cm³/mol. The highest BCUT2D eigenvalue weighted by Crippen LogP contribution is 2.42. The summed E-state index contributed by atoms with van der Waals surface area (Å²) in [5.74, 6) is 1.04. The molecule has 0 bridgehead atoms. The maximum atomic E-state index is 13.8. The van der Waals surface area contributed by atoms with Gasteiger partial charge in [0.2, 0.25) is 5.76 Å². The largest absolute Gasteiger partial charge is 0.494 e. The Morgan fingerprint density at radius 1 is 0.943 bits per heavy atom. The van der Waals surface area contributed by atoms with Gasteiger partial charge in [0.15, 0.2) is 5.43 Å². The van der Waals surface area contributed by atoms with E-state index in [0.29, 0.717) is 34.8 Å². The summed E-state index contributed by atoms with van der Waals surface area (Å²) in [4.78, 5) is 29.2. The van der Waals surface area contributed by atoms with Crippen LogP contribution >= 0.6 is 0 Å². The molecule has 1 aromatic heterocycles. The second-order valence-electron chi connectivity index (χ2n) is 9.69. The highest BCUT2D eigenvalue weighted by Gasteiger charge is 2.43. The molecule has 0 N–H and O–H groups in total. The van der Waals surface area contributed by atoms with Gasteiger partial charge in [0.25, 0.3) is 5.91 Å². The van der Waals surface area contributed by atoms with Crippen molar-refractivity contribution >= 4 is 22.6 Å². The molecule has 2 heterocycles. The number of ether oxygens (including phenoxy) is 1. The van der Waals surface area contributed by atoms with E-state index < -0.39 is 6.04 Å². The van der Waals surface area contributed by atoms with Gasteiger partial charge in [-0.25, -0.2) is 0 Å². The molecule has 0 spiro atoms. The van der Waals surface area contributed by atoms with Crippen LogP contribution in [0, 0.1) is 19.8 Å². The van der Waals surface area contributed by atoms with E-state index in [2.05, 4.69) is 13.8 Å². The Balaban J connectivity index is 1.69. The van der Waals surface area contributed by atoms with Crippen LogP contribution in [0.4, 0.5) is 5.69 Å². The Hall–Kier alpha value is -3.86. The zero-order valence-corrected chi connectivity index (χ0v) is 20.5. The molecule has 0 saturated carbocycles. The van der Waals surface area contributed by atoms with E-state index in [9.17, 15) is 9.59 Å². The maximum Gasteiger partial charge on any atom is 0.295 e. The summed E-state index contributed by atoms with van der Waals surface area (Å²) in [6, 6.07) is 20.3. The lowest BCUT2D eigenvalue weighted by atomic mass is 9.97. The van der Waals surface area contributed by atoms with Crippen LogP contribution in [-0.2, 0) is 0 Å². The molecular weight excluding hydrogens is 438 g/mol. The Bertz CT molecular complexity index is 1480. The summed E-state index contributed by atoms with van der Waals surface area (Å²) in [6.45, 7) is 8.84. The molecule has 0 radical (unpaired) electrons. The van der Waals surface area contributed by atoms with E-state index in [1.54, 1.807) is 11.0 Å². The van der Waals surface area contributed by atoms with Crippen LogP contribution in [0.3, 0.4) is 0 Å². The Morgan fingerprint density at radius 3 is 2.49 bits per heavy atom. The zero-order valence-electron chi connectivity index (χ0n) is 20.5. The van der Waals surface area contributed by atoms with E-state index in [1.807, 2.05) is 74.5 Å². The average Bonchev–Trinajstić information content (AvgIpc) is 3.12. The highest BCUT2D eigenvalue weighted by atomic mass is 16.5. The third-order valence-corrected chi connectivity index (χ3v) is 6.44. The van der Waals surface area contributed by atoms with Crippen molar-refractivity contribution in [1.82, 2.24) is 0 Å². The van der Waals surface area contributed by atoms with Crippen molar-refractivity contribution in [2.24, 2.45) is 5.92 Å². The molecule has 3 aromatic carbocycles. The molecule has 178 valence electrons. The number of anilines is 1. The second kappa shape index (κ2) is 9.06. The molecule has 1 unspecified atom stereocenters. The van der Waals surface area contributed by atoms with Crippen LogP contribution in [0.1, 0.15) is 59.1 Å². The van der Waals surface area contributed by atoms with Crippen LogP contribution in [0.15, 0.2) is 75.9 Å². The van der Waals surface area contributed by atoms with Crippen molar-refractivity contribution in [2.45, 2.75) is 40.2 Å². The van der Waals surface area contributed by atoms with Gasteiger partial charge in [0.05, 0.1) is 23.6 Å². The van der Waals surface area contributed by atoms with Crippen LogP contribution < -0.4 is 15.1 Å². The third kappa shape index (κ3) is 4.23. The van der Waals surface area contributed by atoms with Gasteiger partial charge in [-0.2, -0.15) is 0 Å². The van der Waals surface area contributed by atoms with Crippen LogP contribution in [0.2, 0.25) is 0 Å². The lowest BCUT2D eigenvalue weighted by Crippen LogP contribution is -2.29. The van der Waals surface area contributed by atoms with Crippen LogP contribution in [0.25, 0.3) is 11.0 Å². The van der Waals surface area contributed by atoms with Crippen molar-refractivity contribution in [2.75, 3.05) is 11.5 Å². The van der Waals surface area contributed by atoms with E-state index in [4.69, 9.17) is 9.15 Å². The number of benzene rings is 3. The van der Waals surface area contributed by atoms with E-state index in [1.165, 1.54) is 0 Å². The van der Waals surface area contributed by atoms with Crippen molar-refractivity contribution in [3.05, 3.63) is 105 Å². The van der Waals surface area contributed by atoms with Crippen LogP contribution in [-0.4, -0.2) is 12.5 Å². The van der Waals surface area contributed by atoms with Gasteiger partial charge in [-0.1, -0.05) is 49.7 Å². The number of fused-ring (bicyclic) bond motifs is 2. The molecule has 0 fully saturated rings. The molecule has 5 nitrogen and oxygen atoms in total. The van der Waals surface area contributed by atoms with Crippen LogP contribution in [0.5, 0.6) is 5.75 Å². The van der Waals surface area contributed by atoms with E-state index in [0.717, 1.165) is 28.8 Å². The van der Waals surface area contributed by atoms with Gasteiger partial charge in [-0.15, -0.1) is 0 Å². The molecule has 35 heavy (non-hydrogen) atoms. The predicted octanol–water partition coefficient (Wildman–Crippen LogP) is 6.58. The summed E-state index contributed by atoms with van der Waals surface area (Å²) in [5.41, 5.74) is 4.12. The molecule has 1 amide bonds. The normalized spacial score (nSPS) is 15.2. The number of nitrogens with zero attached hydrogens (tertiary/aromatic N) is 1. The first-order chi connectivity index (χ1) is 16.8. The molecule has 5 rings (SSSR count). The topological polar surface area (TPSA) is 59.8 Å². The number of amides is 1. The van der Waals surface area contributed by atoms with Crippen molar-refractivity contribution in [3.8, 4) is 5.75 Å². The Morgan fingerprint density at radius 2 is 1.71 bits per heavy atom.